The van der Waals surface area contributed by atoms with Gasteiger partial charge in [0.1, 0.15) is 11.6 Å². The van der Waals surface area contributed by atoms with Crippen LogP contribution in [0.25, 0.3) is 11.5 Å². The second-order valence-electron chi connectivity index (χ2n) is 6.20. The van der Waals surface area contributed by atoms with Crippen molar-refractivity contribution in [3.8, 4) is 11.5 Å². The Morgan fingerprint density at radius 2 is 1.88 bits per heavy atom. The molecule has 0 saturated carbocycles. The zero-order valence-electron chi connectivity index (χ0n) is 14.6. The van der Waals surface area contributed by atoms with Crippen molar-refractivity contribution >= 4 is 11.7 Å². The summed E-state index contributed by atoms with van der Waals surface area (Å²) in [6.07, 6.45) is 1.72. The lowest BCUT2D eigenvalue weighted by atomic mass is 10.2. The first kappa shape index (κ1) is 17.7. The highest BCUT2D eigenvalue weighted by Gasteiger charge is 2.10. The van der Waals surface area contributed by atoms with Crippen LogP contribution in [0.1, 0.15) is 31.1 Å². The molecule has 26 heavy (non-hydrogen) atoms. The van der Waals surface area contributed by atoms with Crippen molar-refractivity contribution in [3.63, 3.8) is 0 Å². The van der Waals surface area contributed by atoms with E-state index in [2.05, 4.69) is 15.6 Å². The normalized spacial score (nSPS) is 10.8. The molecule has 0 saturated heterocycles. The van der Waals surface area contributed by atoms with Crippen LogP contribution in [0.15, 0.2) is 59.1 Å². The summed E-state index contributed by atoms with van der Waals surface area (Å²) in [4.78, 5) is 16.2. The van der Waals surface area contributed by atoms with E-state index in [0.29, 0.717) is 17.1 Å². The van der Waals surface area contributed by atoms with Crippen LogP contribution >= 0.6 is 0 Å². The highest BCUT2D eigenvalue weighted by Crippen LogP contribution is 2.24. The first-order valence-electron chi connectivity index (χ1n) is 8.37. The molecule has 0 fully saturated rings. The first-order valence-corrected chi connectivity index (χ1v) is 8.37. The minimum Gasteiger partial charge on any atom is -0.441 e. The third kappa shape index (κ3) is 4.27. The fraction of sp³-hybridized carbons (Fsp3) is 0.200. The van der Waals surface area contributed by atoms with Crippen molar-refractivity contribution < 1.29 is 13.6 Å². The maximum atomic E-state index is 13.5. The molecule has 0 unspecified atom stereocenters. The van der Waals surface area contributed by atoms with Gasteiger partial charge in [-0.3, -0.25) is 0 Å². The number of benzene rings is 2. The third-order valence-electron chi connectivity index (χ3n) is 3.88. The molecule has 5 nitrogen and oxygen atoms in total. The van der Waals surface area contributed by atoms with Crippen LogP contribution in [0.4, 0.5) is 14.9 Å². The molecule has 0 aliphatic rings. The standard InChI is InChI=1S/C20H20FN3O2/c1-13(2)18-12-22-19(26-18)14-7-9-16(10-8-14)24-20(25)23-11-15-5-3-4-6-17(15)21/h3-10,12-13H,11H2,1-2H3,(H2,23,24,25). The number of anilines is 1. The molecule has 3 aromatic rings. The molecule has 1 heterocycles. The van der Waals surface area contributed by atoms with Crippen LogP contribution in [0.2, 0.25) is 0 Å². The summed E-state index contributed by atoms with van der Waals surface area (Å²) in [6.45, 7) is 4.19. The quantitative estimate of drug-likeness (QED) is 0.684. The number of carbonyl (C=O) groups excluding carboxylic acids is 1. The third-order valence-corrected chi connectivity index (χ3v) is 3.88. The van der Waals surface area contributed by atoms with Gasteiger partial charge in [0.05, 0.1) is 6.20 Å². The minimum absolute atomic E-state index is 0.116. The van der Waals surface area contributed by atoms with E-state index in [1.54, 1.807) is 36.5 Å². The van der Waals surface area contributed by atoms with Gasteiger partial charge in [-0.1, -0.05) is 32.0 Å². The van der Waals surface area contributed by atoms with Gasteiger partial charge in [-0.05, 0) is 30.3 Å². The lowest BCUT2D eigenvalue weighted by Gasteiger charge is -2.08. The van der Waals surface area contributed by atoms with Gasteiger partial charge in [-0.2, -0.15) is 0 Å². The van der Waals surface area contributed by atoms with Gasteiger partial charge in [0.25, 0.3) is 0 Å². The summed E-state index contributed by atoms with van der Waals surface area (Å²) in [5.41, 5.74) is 1.88. The SMILES string of the molecule is CC(C)c1cnc(-c2ccc(NC(=O)NCc3ccccc3F)cc2)o1. The second-order valence-corrected chi connectivity index (χ2v) is 6.20. The Bertz CT molecular complexity index is 888. The van der Waals surface area contributed by atoms with E-state index < -0.39 is 6.03 Å². The molecule has 1 aromatic heterocycles. The van der Waals surface area contributed by atoms with E-state index in [-0.39, 0.29) is 18.3 Å². The Balaban J connectivity index is 1.58. The molecular formula is C20H20FN3O2. The van der Waals surface area contributed by atoms with Gasteiger partial charge in [-0.15, -0.1) is 0 Å². The monoisotopic (exact) mass is 353 g/mol. The van der Waals surface area contributed by atoms with Gasteiger partial charge >= 0.3 is 6.03 Å². The molecule has 2 amide bonds. The van der Waals surface area contributed by atoms with Crippen LogP contribution in [-0.4, -0.2) is 11.0 Å². The number of rotatable bonds is 5. The van der Waals surface area contributed by atoms with Crippen molar-refractivity contribution in [2.45, 2.75) is 26.3 Å². The van der Waals surface area contributed by atoms with E-state index in [9.17, 15) is 9.18 Å². The Hall–Kier alpha value is -3.15. The number of halogens is 1. The summed E-state index contributed by atoms with van der Waals surface area (Å²) in [5.74, 6) is 1.30. The number of hydrogen-bond donors (Lipinski definition) is 2. The van der Waals surface area contributed by atoms with Gasteiger partial charge in [-0.25, -0.2) is 14.2 Å². The smallest absolute Gasteiger partial charge is 0.319 e. The predicted molar refractivity (Wildman–Crippen MR) is 98.3 cm³/mol. The van der Waals surface area contributed by atoms with E-state index in [4.69, 9.17) is 4.42 Å². The number of hydrogen-bond acceptors (Lipinski definition) is 3. The lowest BCUT2D eigenvalue weighted by Crippen LogP contribution is -2.28. The number of carbonyl (C=O) groups is 1. The Morgan fingerprint density at radius 1 is 1.15 bits per heavy atom. The van der Waals surface area contributed by atoms with E-state index in [0.717, 1.165) is 11.3 Å². The van der Waals surface area contributed by atoms with Crippen molar-refractivity contribution in [1.29, 1.82) is 0 Å². The van der Waals surface area contributed by atoms with Crippen molar-refractivity contribution in [1.82, 2.24) is 10.3 Å². The number of nitrogens with zero attached hydrogens (tertiary/aromatic N) is 1. The molecule has 0 atom stereocenters. The topological polar surface area (TPSA) is 67.2 Å². The number of oxazole rings is 1. The highest BCUT2D eigenvalue weighted by molar-refractivity contribution is 5.89. The van der Waals surface area contributed by atoms with Crippen molar-refractivity contribution in [2.24, 2.45) is 0 Å². The van der Waals surface area contributed by atoms with Gasteiger partial charge in [0.15, 0.2) is 0 Å². The summed E-state index contributed by atoms with van der Waals surface area (Å²) in [5, 5.41) is 5.34. The van der Waals surface area contributed by atoms with Crippen molar-refractivity contribution in [2.75, 3.05) is 5.32 Å². The zero-order chi connectivity index (χ0) is 18.5. The average molecular weight is 353 g/mol. The van der Waals surface area contributed by atoms with Gasteiger partial charge in [0.2, 0.25) is 5.89 Å². The number of aromatic nitrogens is 1. The van der Waals surface area contributed by atoms with Crippen LogP contribution in [0.5, 0.6) is 0 Å². The molecule has 2 aromatic carbocycles. The predicted octanol–water partition coefficient (Wildman–Crippen LogP) is 4.93. The van der Waals surface area contributed by atoms with Gasteiger partial charge < -0.3 is 15.1 Å². The summed E-state index contributed by atoms with van der Waals surface area (Å²) in [6, 6.07) is 13.1. The molecular weight excluding hydrogens is 333 g/mol. The number of nitrogens with one attached hydrogen (secondary N) is 2. The average Bonchev–Trinajstić information content (AvgIpc) is 3.12. The van der Waals surface area contributed by atoms with Crippen molar-refractivity contribution in [3.05, 3.63) is 71.9 Å². The van der Waals surface area contributed by atoms with Crippen LogP contribution < -0.4 is 10.6 Å². The maximum absolute atomic E-state index is 13.5. The maximum Gasteiger partial charge on any atom is 0.319 e. The number of urea groups is 1. The van der Waals surface area contributed by atoms with E-state index in [1.165, 1.54) is 6.07 Å². The van der Waals surface area contributed by atoms with E-state index in [1.807, 2.05) is 26.0 Å². The minimum atomic E-state index is -0.403. The number of amides is 2. The molecule has 0 bridgehead atoms. The highest BCUT2D eigenvalue weighted by atomic mass is 19.1. The molecule has 0 aliphatic carbocycles. The fourth-order valence-electron chi connectivity index (χ4n) is 2.38. The fourth-order valence-corrected chi connectivity index (χ4v) is 2.38. The van der Waals surface area contributed by atoms with Crippen LogP contribution in [-0.2, 0) is 6.54 Å². The van der Waals surface area contributed by atoms with Gasteiger partial charge in [0, 0.05) is 29.3 Å². The molecule has 0 aliphatic heterocycles. The Labute approximate surface area is 151 Å². The van der Waals surface area contributed by atoms with Crippen LogP contribution in [0.3, 0.4) is 0 Å². The summed E-state index contributed by atoms with van der Waals surface area (Å²) in [7, 11) is 0. The summed E-state index contributed by atoms with van der Waals surface area (Å²) >= 11 is 0. The molecule has 6 heteroatoms. The van der Waals surface area contributed by atoms with Crippen LogP contribution in [0, 0.1) is 5.82 Å². The molecule has 0 radical (unpaired) electrons. The molecule has 2 N–H and O–H groups in total. The lowest BCUT2D eigenvalue weighted by molar-refractivity contribution is 0.251. The van der Waals surface area contributed by atoms with E-state index >= 15 is 0 Å². The molecule has 0 spiro atoms. The summed E-state index contributed by atoms with van der Waals surface area (Å²) < 4.78 is 19.2. The first-order chi connectivity index (χ1) is 12.5. The Morgan fingerprint density at radius 3 is 2.54 bits per heavy atom. The second kappa shape index (κ2) is 7.82. The molecule has 3 rings (SSSR count). The Kier molecular flexibility index (Phi) is 5.31. The molecule has 134 valence electrons. The zero-order valence-corrected chi connectivity index (χ0v) is 14.6. The largest absolute Gasteiger partial charge is 0.441 e.